The van der Waals surface area contributed by atoms with Crippen LogP contribution in [0.15, 0.2) is 74.9 Å². The summed E-state index contributed by atoms with van der Waals surface area (Å²) in [5.74, 6) is 1.35. The van der Waals surface area contributed by atoms with E-state index in [2.05, 4.69) is 36.5 Å². The van der Waals surface area contributed by atoms with E-state index in [-0.39, 0.29) is 17.2 Å². The van der Waals surface area contributed by atoms with E-state index in [1.165, 1.54) is 21.1 Å². The topological polar surface area (TPSA) is 64.2 Å². The van der Waals surface area contributed by atoms with Crippen LogP contribution >= 0.6 is 11.8 Å². The third-order valence-electron chi connectivity index (χ3n) is 3.79. The molecule has 0 aliphatic carbocycles. The van der Waals surface area contributed by atoms with Gasteiger partial charge >= 0.3 is 0 Å². The van der Waals surface area contributed by atoms with Crippen molar-refractivity contribution in [3.8, 4) is 0 Å². The van der Waals surface area contributed by atoms with Crippen molar-refractivity contribution in [3.63, 3.8) is 0 Å². The minimum absolute atomic E-state index is 0.108. The number of rotatable bonds is 7. The second-order valence-corrected chi connectivity index (χ2v) is 7.02. The highest BCUT2D eigenvalue weighted by Crippen LogP contribution is 2.17. The van der Waals surface area contributed by atoms with E-state index in [9.17, 15) is 9.59 Å². The van der Waals surface area contributed by atoms with Crippen molar-refractivity contribution in [2.75, 3.05) is 12.3 Å². The lowest BCUT2D eigenvalue weighted by Gasteiger charge is -2.04. The zero-order chi connectivity index (χ0) is 18.4. The summed E-state index contributed by atoms with van der Waals surface area (Å²) < 4.78 is 7.08. The Balaban J connectivity index is 1.48. The first-order valence-electron chi connectivity index (χ1n) is 8.34. The first-order valence-corrected chi connectivity index (χ1v) is 9.32. The number of hydrogen-bond donors (Lipinski definition) is 1. The molecule has 1 aromatic carbocycles. The summed E-state index contributed by atoms with van der Waals surface area (Å²) in [4.78, 5) is 25.0. The summed E-state index contributed by atoms with van der Waals surface area (Å²) in [6.45, 7) is 2.91. The summed E-state index contributed by atoms with van der Waals surface area (Å²) in [5.41, 5.74) is 1.12. The van der Waals surface area contributed by atoms with Gasteiger partial charge in [-0.25, -0.2) is 0 Å². The van der Waals surface area contributed by atoms with Gasteiger partial charge in [0.05, 0.1) is 6.54 Å². The molecule has 134 valence electrons. The maximum absolute atomic E-state index is 12.2. The predicted octanol–water partition coefficient (Wildman–Crippen LogP) is 3.32. The summed E-state index contributed by atoms with van der Waals surface area (Å²) in [6, 6.07) is 16.6. The summed E-state index contributed by atoms with van der Waals surface area (Å²) in [5, 5.41) is 2.85. The number of aryl methyl sites for hydroxylation is 1. The van der Waals surface area contributed by atoms with E-state index in [0.29, 0.717) is 18.8 Å². The quantitative estimate of drug-likeness (QED) is 0.513. The van der Waals surface area contributed by atoms with Crippen molar-refractivity contribution in [2.24, 2.45) is 0 Å². The Labute approximate surface area is 156 Å². The Morgan fingerprint density at radius 2 is 1.92 bits per heavy atom. The van der Waals surface area contributed by atoms with Gasteiger partial charge in [0.2, 0.25) is 0 Å². The Morgan fingerprint density at radius 3 is 2.69 bits per heavy atom. The molecule has 0 unspecified atom stereocenters. The van der Waals surface area contributed by atoms with E-state index >= 15 is 0 Å². The van der Waals surface area contributed by atoms with E-state index in [1.807, 2.05) is 0 Å². The SMILES string of the molecule is Cc1ccc(SCCNC(=O)c2ccc(Cn3ccccc3=O)o2)cc1. The third kappa shape index (κ3) is 4.89. The second-order valence-electron chi connectivity index (χ2n) is 5.85. The number of aromatic nitrogens is 1. The number of nitrogens with one attached hydrogen (secondary N) is 1. The first-order chi connectivity index (χ1) is 12.6. The van der Waals surface area contributed by atoms with Gasteiger partial charge in [-0.15, -0.1) is 11.8 Å². The second kappa shape index (κ2) is 8.58. The molecule has 2 heterocycles. The van der Waals surface area contributed by atoms with Crippen LogP contribution in [0.25, 0.3) is 0 Å². The lowest BCUT2D eigenvalue weighted by Crippen LogP contribution is -2.25. The van der Waals surface area contributed by atoms with Gasteiger partial charge in [0.25, 0.3) is 11.5 Å². The molecule has 3 rings (SSSR count). The van der Waals surface area contributed by atoms with Gasteiger partial charge in [0.15, 0.2) is 5.76 Å². The number of furan rings is 1. The summed E-state index contributed by atoms with van der Waals surface area (Å²) in [7, 11) is 0. The van der Waals surface area contributed by atoms with Crippen molar-refractivity contribution in [3.05, 3.63) is 88.2 Å². The van der Waals surface area contributed by atoms with Crippen molar-refractivity contribution in [2.45, 2.75) is 18.4 Å². The van der Waals surface area contributed by atoms with Crippen molar-refractivity contribution in [1.29, 1.82) is 0 Å². The zero-order valence-corrected chi connectivity index (χ0v) is 15.3. The van der Waals surface area contributed by atoms with E-state index in [0.717, 1.165) is 5.75 Å². The Kier molecular flexibility index (Phi) is 5.96. The molecule has 0 spiro atoms. The fraction of sp³-hybridized carbons (Fsp3) is 0.200. The number of hydrogen-bond acceptors (Lipinski definition) is 4. The standard InChI is InChI=1S/C20H20N2O3S/c1-15-5-8-17(9-6-15)26-13-11-21-20(24)18-10-7-16(25-18)14-22-12-3-2-4-19(22)23/h2-10,12H,11,13-14H2,1H3,(H,21,24). The molecule has 0 atom stereocenters. The molecule has 26 heavy (non-hydrogen) atoms. The predicted molar refractivity (Wildman–Crippen MR) is 103 cm³/mol. The number of nitrogens with zero attached hydrogens (tertiary/aromatic N) is 1. The molecule has 5 nitrogen and oxygen atoms in total. The molecule has 2 aromatic heterocycles. The van der Waals surface area contributed by atoms with Crippen LogP contribution in [0.1, 0.15) is 21.9 Å². The van der Waals surface area contributed by atoms with Crippen LogP contribution in [0.5, 0.6) is 0 Å². The molecule has 0 aliphatic heterocycles. The molecule has 0 saturated carbocycles. The molecule has 6 heteroatoms. The monoisotopic (exact) mass is 368 g/mol. The average molecular weight is 368 g/mol. The smallest absolute Gasteiger partial charge is 0.287 e. The number of benzene rings is 1. The van der Waals surface area contributed by atoms with Crippen LogP contribution < -0.4 is 10.9 Å². The maximum atomic E-state index is 12.2. The van der Waals surface area contributed by atoms with Gasteiger partial charge in [0.1, 0.15) is 5.76 Å². The Morgan fingerprint density at radius 1 is 1.12 bits per heavy atom. The lowest BCUT2D eigenvalue weighted by molar-refractivity contribution is 0.0926. The number of carbonyl (C=O) groups is 1. The highest BCUT2D eigenvalue weighted by Gasteiger charge is 2.11. The molecule has 3 aromatic rings. The van der Waals surface area contributed by atoms with Crippen LogP contribution in [-0.4, -0.2) is 22.8 Å². The Hall–Kier alpha value is -2.73. The summed E-state index contributed by atoms with van der Waals surface area (Å²) in [6.07, 6.45) is 1.69. The van der Waals surface area contributed by atoms with Crippen LogP contribution in [0.4, 0.5) is 0 Å². The lowest BCUT2D eigenvalue weighted by atomic mass is 10.2. The number of carbonyl (C=O) groups excluding carboxylic acids is 1. The maximum Gasteiger partial charge on any atom is 0.287 e. The van der Waals surface area contributed by atoms with Crippen molar-refractivity contribution in [1.82, 2.24) is 9.88 Å². The number of pyridine rings is 1. The van der Waals surface area contributed by atoms with Crippen LogP contribution in [0.2, 0.25) is 0 Å². The minimum Gasteiger partial charge on any atom is -0.454 e. The average Bonchev–Trinajstić information content (AvgIpc) is 3.11. The summed E-state index contributed by atoms with van der Waals surface area (Å²) >= 11 is 1.69. The Bertz CT molecular complexity index is 928. The van der Waals surface area contributed by atoms with Gasteiger partial charge < -0.3 is 14.3 Å². The molecular weight excluding hydrogens is 348 g/mol. The van der Waals surface area contributed by atoms with Gasteiger partial charge in [-0.05, 0) is 37.3 Å². The third-order valence-corrected chi connectivity index (χ3v) is 4.80. The number of thioether (sulfide) groups is 1. The van der Waals surface area contributed by atoms with Crippen molar-refractivity contribution >= 4 is 17.7 Å². The zero-order valence-electron chi connectivity index (χ0n) is 14.5. The molecule has 0 saturated heterocycles. The largest absolute Gasteiger partial charge is 0.454 e. The molecule has 0 aliphatic rings. The fourth-order valence-electron chi connectivity index (χ4n) is 2.40. The molecular formula is C20H20N2O3S. The van der Waals surface area contributed by atoms with Gasteiger partial charge in [0, 0.05) is 29.5 Å². The molecule has 0 radical (unpaired) electrons. The van der Waals surface area contributed by atoms with E-state index in [4.69, 9.17) is 4.42 Å². The molecule has 0 fully saturated rings. The van der Waals surface area contributed by atoms with Crippen LogP contribution in [0, 0.1) is 6.92 Å². The highest BCUT2D eigenvalue weighted by atomic mass is 32.2. The van der Waals surface area contributed by atoms with Crippen LogP contribution in [0.3, 0.4) is 0 Å². The van der Waals surface area contributed by atoms with Crippen LogP contribution in [-0.2, 0) is 6.54 Å². The van der Waals surface area contributed by atoms with Gasteiger partial charge in [-0.1, -0.05) is 23.8 Å². The number of amides is 1. The normalized spacial score (nSPS) is 10.7. The van der Waals surface area contributed by atoms with E-state index in [1.54, 1.807) is 42.2 Å². The van der Waals surface area contributed by atoms with Gasteiger partial charge in [-0.3, -0.25) is 9.59 Å². The minimum atomic E-state index is -0.249. The molecule has 1 amide bonds. The van der Waals surface area contributed by atoms with Gasteiger partial charge in [-0.2, -0.15) is 0 Å². The fourth-order valence-corrected chi connectivity index (χ4v) is 3.17. The first kappa shape index (κ1) is 18.1. The molecule has 0 bridgehead atoms. The van der Waals surface area contributed by atoms with E-state index < -0.39 is 0 Å². The molecule has 1 N–H and O–H groups in total. The van der Waals surface area contributed by atoms with Crippen molar-refractivity contribution < 1.29 is 9.21 Å². The highest BCUT2D eigenvalue weighted by molar-refractivity contribution is 7.99.